The highest BCUT2D eigenvalue weighted by molar-refractivity contribution is 5.48. The Bertz CT molecular complexity index is 443. The second kappa shape index (κ2) is 5.97. The van der Waals surface area contributed by atoms with Crippen molar-refractivity contribution >= 4 is 5.82 Å². The minimum absolute atomic E-state index is 0.343. The topological polar surface area (TPSA) is 39.6 Å². The molecule has 112 valence electrons. The van der Waals surface area contributed by atoms with Gasteiger partial charge >= 0.3 is 6.18 Å². The largest absolute Gasteiger partial charge is 0.401 e. The van der Waals surface area contributed by atoms with E-state index in [0.29, 0.717) is 37.6 Å². The molecule has 0 saturated carbocycles. The molecule has 20 heavy (non-hydrogen) atoms. The summed E-state index contributed by atoms with van der Waals surface area (Å²) in [6.07, 6.45) is -3.17. The number of aliphatic hydroxyl groups is 1. The predicted molar refractivity (Wildman–Crippen MR) is 69.6 cm³/mol. The molecular formula is C13H18F3N3O. The van der Waals surface area contributed by atoms with Gasteiger partial charge in [-0.3, -0.25) is 4.90 Å². The molecule has 4 nitrogen and oxygen atoms in total. The van der Waals surface area contributed by atoms with E-state index in [-0.39, 0.29) is 0 Å². The molecule has 7 heteroatoms. The average molecular weight is 289 g/mol. The van der Waals surface area contributed by atoms with Crippen LogP contribution in [0.25, 0.3) is 0 Å². The fourth-order valence-corrected chi connectivity index (χ4v) is 2.37. The van der Waals surface area contributed by atoms with Gasteiger partial charge in [0.05, 0.1) is 12.6 Å². The van der Waals surface area contributed by atoms with Crippen molar-refractivity contribution in [1.82, 2.24) is 9.88 Å². The van der Waals surface area contributed by atoms with Crippen molar-refractivity contribution in [3.05, 3.63) is 23.9 Å². The van der Waals surface area contributed by atoms with Crippen LogP contribution in [-0.4, -0.2) is 53.9 Å². The first-order chi connectivity index (χ1) is 9.37. The lowest BCUT2D eigenvalue weighted by atomic mass is 10.1. The zero-order chi connectivity index (χ0) is 14.8. The molecular weight excluding hydrogens is 271 g/mol. The number of pyridine rings is 1. The number of halogens is 3. The van der Waals surface area contributed by atoms with E-state index in [4.69, 9.17) is 0 Å². The van der Waals surface area contributed by atoms with Crippen LogP contribution in [0.5, 0.6) is 0 Å². The lowest BCUT2D eigenvalue weighted by Gasteiger charge is -2.36. The molecule has 0 spiro atoms. The van der Waals surface area contributed by atoms with Gasteiger partial charge in [0.25, 0.3) is 0 Å². The molecule has 0 amide bonds. The Labute approximate surface area is 115 Å². The zero-order valence-electron chi connectivity index (χ0n) is 11.3. The van der Waals surface area contributed by atoms with Crippen LogP contribution in [0.4, 0.5) is 19.0 Å². The minimum Gasteiger partial charge on any atom is -0.389 e. The predicted octanol–water partition coefficient (Wildman–Crippen LogP) is 1.82. The summed E-state index contributed by atoms with van der Waals surface area (Å²) < 4.78 is 37.0. The summed E-state index contributed by atoms with van der Waals surface area (Å²) in [5.41, 5.74) is 0.705. The van der Waals surface area contributed by atoms with Crippen molar-refractivity contribution in [2.45, 2.75) is 19.2 Å². The first-order valence-electron chi connectivity index (χ1n) is 6.54. The maximum Gasteiger partial charge on any atom is 0.401 e. The number of piperazine rings is 1. The number of anilines is 1. The Balaban J connectivity index is 2.01. The van der Waals surface area contributed by atoms with E-state index in [1.807, 2.05) is 4.90 Å². The third-order valence-corrected chi connectivity index (χ3v) is 3.34. The number of hydrogen-bond donors (Lipinski definition) is 1. The van der Waals surface area contributed by atoms with E-state index in [1.54, 1.807) is 25.3 Å². The van der Waals surface area contributed by atoms with Crippen molar-refractivity contribution in [3.63, 3.8) is 0 Å². The van der Waals surface area contributed by atoms with Crippen LogP contribution in [0.2, 0.25) is 0 Å². The van der Waals surface area contributed by atoms with E-state index >= 15 is 0 Å². The van der Waals surface area contributed by atoms with Gasteiger partial charge in [-0.25, -0.2) is 4.98 Å². The Morgan fingerprint density at radius 2 is 1.95 bits per heavy atom. The summed E-state index contributed by atoms with van der Waals surface area (Å²) in [6, 6.07) is 3.53. The third-order valence-electron chi connectivity index (χ3n) is 3.34. The molecule has 1 aromatic rings. The fourth-order valence-electron chi connectivity index (χ4n) is 2.37. The maximum atomic E-state index is 12.3. The zero-order valence-corrected chi connectivity index (χ0v) is 11.3. The van der Waals surface area contributed by atoms with Crippen molar-refractivity contribution in [3.8, 4) is 0 Å². The van der Waals surface area contributed by atoms with Crippen LogP contribution >= 0.6 is 0 Å². The first kappa shape index (κ1) is 15.1. The molecule has 1 aromatic heterocycles. The molecule has 1 saturated heterocycles. The summed E-state index contributed by atoms with van der Waals surface area (Å²) in [6.45, 7) is 2.43. The normalized spacial score (nSPS) is 19.1. The van der Waals surface area contributed by atoms with E-state index in [0.717, 1.165) is 0 Å². The van der Waals surface area contributed by atoms with Crippen LogP contribution in [0.1, 0.15) is 18.6 Å². The number of aliphatic hydroxyl groups excluding tert-OH is 1. The number of alkyl halides is 3. The summed E-state index contributed by atoms with van der Waals surface area (Å²) in [5, 5.41) is 9.71. The molecule has 0 aliphatic carbocycles. The van der Waals surface area contributed by atoms with Crippen LogP contribution in [-0.2, 0) is 0 Å². The van der Waals surface area contributed by atoms with Gasteiger partial charge in [-0.15, -0.1) is 0 Å². The Kier molecular flexibility index (Phi) is 4.49. The molecule has 1 aliphatic rings. The first-order valence-corrected chi connectivity index (χ1v) is 6.54. The number of rotatable bonds is 3. The molecule has 1 aliphatic heterocycles. The number of aromatic nitrogens is 1. The fraction of sp³-hybridized carbons (Fsp3) is 0.615. The van der Waals surface area contributed by atoms with Gasteiger partial charge in [0.2, 0.25) is 0 Å². The van der Waals surface area contributed by atoms with Gasteiger partial charge in [-0.05, 0) is 13.0 Å². The van der Waals surface area contributed by atoms with Crippen molar-refractivity contribution in [1.29, 1.82) is 0 Å². The summed E-state index contributed by atoms with van der Waals surface area (Å²) in [4.78, 5) is 7.56. The van der Waals surface area contributed by atoms with Crippen molar-refractivity contribution in [2.75, 3.05) is 37.6 Å². The molecule has 0 bridgehead atoms. The van der Waals surface area contributed by atoms with Gasteiger partial charge in [-0.1, -0.05) is 6.07 Å². The summed E-state index contributed by atoms with van der Waals surface area (Å²) in [5.74, 6) is 0.661. The van der Waals surface area contributed by atoms with Crippen LogP contribution in [0.3, 0.4) is 0 Å². The number of nitrogens with zero attached hydrogens (tertiary/aromatic N) is 3. The van der Waals surface area contributed by atoms with Gasteiger partial charge in [0.15, 0.2) is 0 Å². The molecule has 1 N–H and O–H groups in total. The highest BCUT2D eigenvalue weighted by Gasteiger charge is 2.32. The summed E-state index contributed by atoms with van der Waals surface area (Å²) >= 11 is 0. The van der Waals surface area contributed by atoms with E-state index in [9.17, 15) is 18.3 Å². The van der Waals surface area contributed by atoms with E-state index < -0.39 is 18.8 Å². The lowest BCUT2D eigenvalue weighted by Crippen LogP contribution is -2.49. The van der Waals surface area contributed by atoms with E-state index in [2.05, 4.69) is 4.98 Å². The number of hydrogen-bond acceptors (Lipinski definition) is 4. The Morgan fingerprint density at radius 3 is 2.50 bits per heavy atom. The molecule has 0 aromatic carbocycles. The highest BCUT2D eigenvalue weighted by atomic mass is 19.4. The molecule has 2 rings (SSSR count). The highest BCUT2D eigenvalue weighted by Crippen LogP contribution is 2.25. The molecule has 1 fully saturated rings. The van der Waals surface area contributed by atoms with Crippen LogP contribution in [0, 0.1) is 0 Å². The van der Waals surface area contributed by atoms with E-state index in [1.165, 1.54) is 4.90 Å². The maximum absolute atomic E-state index is 12.3. The average Bonchev–Trinajstić information content (AvgIpc) is 2.38. The van der Waals surface area contributed by atoms with Crippen molar-refractivity contribution in [2.24, 2.45) is 0 Å². The standard InChI is InChI=1S/C13H18F3N3O/c1-10(20)11-3-2-4-17-12(11)19-7-5-18(6-8-19)9-13(14,15)16/h2-4,10,20H,5-9H2,1H3/t10-/m0/s1. The quantitative estimate of drug-likeness (QED) is 0.921. The second-order valence-electron chi connectivity index (χ2n) is 4.97. The summed E-state index contributed by atoms with van der Waals surface area (Å²) in [7, 11) is 0. The van der Waals surface area contributed by atoms with Crippen LogP contribution < -0.4 is 4.90 Å². The monoisotopic (exact) mass is 289 g/mol. The third kappa shape index (κ3) is 3.83. The smallest absolute Gasteiger partial charge is 0.389 e. The Morgan fingerprint density at radius 1 is 1.30 bits per heavy atom. The minimum atomic E-state index is -4.15. The van der Waals surface area contributed by atoms with Gasteiger partial charge in [-0.2, -0.15) is 13.2 Å². The SMILES string of the molecule is C[C@H](O)c1cccnc1N1CCN(CC(F)(F)F)CC1. The molecule has 0 unspecified atom stereocenters. The van der Waals surface area contributed by atoms with Crippen molar-refractivity contribution < 1.29 is 18.3 Å². The molecule has 2 heterocycles. The Hall–Kier alpha value is -1.34. The van der Waals surface area contributed by atoms with Crippen LogP contribution in [0.15, 0.2) is 18.3 Å². The lowest BCUT2D eigenvalue weighted by molar-refractivity contribution is -0.146. The van der Waals surface area contributed by atoms with Gasteiger partial charge in [0.1, 0.15) is 5.82 Å². The molecule has 1 atom stereocenters. The van der Waals surface area contributed by atoms with Gasteiger partial charge in [0, 0.05) is 37.9 Å². The van der Waals surface area contributed by atoms with Gasteiger partial charge < -0.3 is 10.0 Å². The second-order valence-corrected chi connectivity index (χ2v) is 4.97. The molecule has 0 radical (unpaired) electrons.